The average molecular weight is 252 g/mol. The quantitative estimate of drug-likeness (QED) is 0.568. The van der Waals surface area contributed by atoms with Gasteiger partial charge in [-0.3, -0.25) is 4.79 Å². The smallest absolute Gasteiger partial charge is 0.240 e. The van der Waals surface area contributed by atoms with Gasteiger partial charge in [0, 0.05) is 31.4 Å². The van der Waals surface area contributed by atoms with Crippen LogP contribution >= 0.6 is 0 Å². The maximum atomic E-state index is 12.1. The van der Waals surface area contributed by atoms with E-state index in [1.165, 1.54) is 0 Å². The molecule has 1 fully saturated rings. The van der Waals surface area contributed by atoms with Crippen LogP contribution in [0.1, 0.15) is 40.5 Å². The van der Waals surface area contributed by atoms with Crippen molar-refractivity contribution in [3.05, 3.63) is 0 Å². The third-order valence-corrected chi connectivity index (χ3v) is 3.95. The van der Waals surface area contributed by atoms with Gasteiger partial charge in [-0.15, -0.1) is 11.8 Å². The lowest BCUT2D eigenvalue weighted by Gasteiger charge is -2.57. The van der Waals surface area contributed by atoms with Crippen LogP contribution < -0.4 is 11.1 Å². The largest absolute Gasteiger partial charge is 0.378 e. The summed E-state index contributed by atoms with van der Waals surface area (Å²) in [6.07, 6.45) is 1.31. The van der Waals surface area contributed by atoms with Gasteiger partial charge >= 0.3 is 0 Å². The molecule has 0 saturated heterocycles. The van der Waals surface area contributed by atoms with Gasteiger partial charge in [0.25, 0.3) is 0 Å². The summed E-state index contributed by atoms with van der Waals surface area (Å²) in [5.74, 6) is 5.61. The van der Waals surface area contributed by atoms with Crippen LogP contribution in [0.15, 0.2) is 0 Å². The molecule has 0 heterocycles. The van der Waals surface area contributed by atoms with E-state index in [0.717, 1.165) is 0 Å². The van der Waals surface area contributed by atoms with Gasteiger partial charge in [-0.25, -0.2) is 0 Å². The van der Waals surface area contributed by atoms with E-state index in [1.807, 2.05) is 20.8 Å². The highest BCUT2D eigenvalue weighted by Gasteiger charge is 2.62. The molecular formula is C14H24N2O2. The molecule has 1 saturated carbocycles. The number of rotatable bonds is 5. The van der Waals surface area contributed by atoms with Crippen LogP contribution in [0.5, 0.6) is 0 Å². The molecule has 1 rings (SSSR count). The predicted molar refractivity (Wildman–Crippen MR) is 71.8 cm³/mol. The second-order valence-corrected chi connectivity index (χ2v) is 5.27. The maximum Gasteiger partial charge on any atom is 0.240 e. The van der Waals surface area contributed by atoms with Crippen molar-refractivity contribution in [2.75, 3.05) is 13.2 Å². The van der Waals surface area contributed by atoms with E-state index in [0.29, 0.717) is 26.0 Å². The van der Waals surface area contributed by atoms with Crippen molar-refractivity contribution >= 4 is 5.91 Å². The molecule has 1 amide bonds. The predicted octanol–water partition coefficient (Wildman–Crippen LogP) is 1.05. The molecule has 0 aromatic carbocycles. The minimum Gasteiger partial charge on any atom is -0.378 e. The van der Waals surface area contributed by atoms with E-state index >= 15 is 0 Å². The van der Waals surface area contributed by atoms with Crippen LogP contribution in [-0.4, -0.2) is 30.7 Å². The molecule has 102 valence electrons. The average Bonchev–Trinajstić information content (AvgIpc) is 2.33. The Morgan fingerprint density at radius 3 is 2.72 bits per heavy atom. The lowest BCUT2D eigenvalue weighted by Crippen LogP contribution is -2.75. The number of carbonyl (C=O) groups excluding carboxylic acids is 1. The lowest BCUT2D eigenvalue weighted by molar-refractivity contribution is -0.170. The van der Waals surface area contributed by atoms with Crippen molar-refractivity contribution in [1.29, 1.82) is 0 Å². The number of amides is 1. The van der Waals surface area contributed by atoms with Crippen LogP contribution in [0.2, 0.25) is 0 Å². The Morgan fingerprint density at radius 1 is 1.56 bits per heavy atom. The van der Waals surface area contributed by atoms with Crippen LogP contribution in [-0.2, 0) is 9.53 Å². The highest BCUT2D eigenvalue weighted by Crippen LogP contribution is 2.49. The third-order valence-electron chi connectivity index (χ3n) is 3.95. The number of ether oxygens (including phenoxy) is 1. The minimum atomic E-state index is -0.827. The first-order chi connectivity index (χ1) is 8.40. The Kier molecular flexibility index (Phi) is 4.78. The Hall–Kier alpha value is -1.05. The minimum absolute atomic E-state index is 0.0636. The van der Waals surface area contributed by atoms with Crippen molar-refractivity contribution in [3.8, 4) is 11.8 Å². The van der Waals surface area contributed by atoms with E-state index in [2.05, 4.69) is 17.2 Å². The van der Waals surface area contributed by atoms with Crippen LogP contribution in [0, 0.1) is 17.3 Å². The fourth-order valence-electron chi connectivity index (χ4n) is 2.34. The van der Waals surface area contributed by atoms with Crippen molar-refractivity contribution in [3.63, 3.8) is 0 Å². The van der Waals surface area contributed by atoms with E-state index in [9.17, 15) is 4.79 Å². The molecule has 0 aliphatic heterocycles. The highest BCUT2D eigenvalue weighted by atomic mass is 16.5. The number of carbonyl (C=O) groups is 1. The van der Waals surface area contributed by atoms with Crippen molar-refractivity contribution in [1.82, 2.24) is 5.32 Å². The summed E-state index contributed by atoms with van der Waals surface area (Å²) < 4.78 is 5.60. The Morgan fingerprint density at radius 2 is 2.22 bits per heavy atom. The lowest BCUT2D eigenvalue weighted by atomic mass is 9.54. The molecule has 0 bridgehead atoms. The first kappa shape index (κ1) is 15.0. The molecular weight excluding hydrogens is 228 g/mol. The van der Waals surface area contributed by atoms with E-state index < -0.39 is 5.54 Å². The first-order valence-corrected chi connectivity index (χ1v) is 6.48. The van der Waals surface area contributed by atoms with Crippen molar-refractivity contribution < 1.29 is 9.53 Å². The van der Waals surface area contributed by atoms with E-state index in [-0.39, 0.29) is 17.4 Å². The van der Waals surface area contributed by atoms with E-state index in [1.54, 1.807) is 6.92 Å². The first-order valence-electron chi connectivity index (χ1n) is 6.48. The van der Waals surface area contributed by atoms with Gasteiger partial charge in [0.2, 0.25) is 5.91 Å². The van der Waals surface area contributed by atoms with Gasteiger partial charge in [-0.2, -0.15) is 0 Å². The highest BCUT2D eigenvalue weighted by molar-refractivity contribution is 5.88. The summed E-state index contributed by atoms with van der Waals surface area (Å²) in [5.41, 5.74) is 5.07. The number of nitrogens with two attached hydrogens (primary N) is 1. The molecule has 2 unspecified atom stereocenters. The zero-order valence-electron chi connectivity index (χ0n) is 11.8. The molecule has 2 atom stereocenters. The van der Waals surface area contributed by atoms with Gasteiger partial charge in [-0.05, 0) is 13.8 Å². The molecule has 0 spiro atoms. The molecule has 4 heteroatoms. The second-order valence-electron chi connectivity index (χ2n) is 5.27. The molecule has 1 aliphatic rings. The van der Waals surface area contributed by atoms with Gasteiger partial charge in [0.05, 0.1) is 6.10 Å². The zero-order chi connectivity index (χ0) is 13.8. The van der Waals surface area contributed by atoms with Crippen molar-refractivity contribution in [2.45, 2.75) is 52.2 Å². The number of hydrogen-bond donors (Lipinski definition) is 2. The summed E-state index contributed by atoms with van der Waals surface area (Å²) in [5, 5.41) is 2.86. The van der Waals surface area contributed by atoms with Gasteiger partial charge < -0.3 is 15.8 Å². The number of hydrogen-bond acceptors (Lipinski definition) is 3. The standard InChI is InChI=1S/C14H24N2O2/c1-5-7-8-9-16-12(17)14(15)10-11(18-6-2)13(14,3)4/h11H,6,8-10,15H2,1-4H3,(H,16,17). The monoisotopic (exact) mass is 252 g/mol. The SMILES string of the molecule is CC#CCCNC(=O)C1(N)CC(OCC)C1(C)C. The van der Waals surface area contributed by atoms with Gasteiger partial charge in [0.15, 0.2) is 0 Å². The number of nitrogens with one attached hydrogen (secondary N) is 1. The van der Waals surface area contributed by atoms with E-state index in [4.69, 9.17) is 10.5 Å². The van der Waals surface area contributed by atoms with Gasteiger partial charge in [0.1, 0.15) is 5.54 Å². The molecule has 1 aliphatic carbocycles. The summed E-state index contributed by atoms with van der Waals surface area (Å²) in [4.78, 5) is 12.1. The normalized spacial score (nSPS) is 28.8. The van der Waals surface area contributed by atoms with Crippen LogP contribution in [0.3, 0.4) is 0 Å². The molecule has 0 aromatic heterocycles. The Bertz CT molecular complexity index is 368. The third kappa shape index (κ3) is 2.52. The Balaban J connectivity index is 2.54. The maximum absolute atomic E-state index is 12.1. The fraction of sp³-hybridized carbons (Fsp3) is 0.786. The van der Waals surface area contributed by atoms with Crippen LogP contribution in [0.25, 0.3) is 0 Å². The fourth-order valence-corrected chi connectivity index (χ4v) is 2.34. The Labute approximate surface area is 110 Å². The summed E-state index contributed by atoms with van der Waals surface area (Å²) in [6.45, 7) is 8.92. The summed E-state index contributed by atoms with van der Waals surface area (Å²) >= 11 is 0. The summed E-state index contributed by atoms with van der Waals surface area (Å²) in [7, 11) is 0. The summed E-state index contributed by atoms with van der Waals surface area (Å²) in [6, 6.07) is 0. The molecule has 0 aromatic rings. The zero-order valence-corrected chi connectivity index (χ0v) is 11.8. The van der Waals surface area contributed by atoms with Crippen molar-refractivity contribution in [2.24, 2.45) is 11.1 Å². The molecule has 3 N–H and O–H groups in total. The molecule has 4 nitrogen and oxygen atoms in total. The topological polar surface area (TPSA) is 64.4 Å². The molecule has 18 heavy (non-hydrogen) atoms. The van der Waals surface area contributed by atoms with Gasteiger partial charge in [-0.1, -0.05) is 13.8 Å². The van der Waals surface area contributed by atoms with Crippen LogP contribution in [0.4, 0.5) is 0 Å². The molecule has 0 radical (unpaired) electrons. The second kappa shape index (κ2) is 5.73.